The molecule has 1 saturated heterocycles. The molecule has 0 bridgehead atoms. The van der Waals surface area contributed by atoms with Crippen molar-refractivity contribution < 1.29 is 18.3 Å². The molecule has 0 aliphatic carbocycles. The summed E-state index contributed by atoms with van der Waals surface area (Å²) < 4.78 is 27.4. The molecule has 1 heterocycles. The van der Waals surface area contributed by atoms with Crippen molar-refractivity contribution in [1.29, 1.82) is 0 Å². The summed E-state index contributed by atoms with van der Waals surface area (Å²) in [5.41, 5.74) is 0. The average Bonchev–Trinajstić information content (AvgIpc) is 3.24. The normalized spacial score (nSPS) is 19.0. The van der Waals surface area contributed by atoms with Crippen LogP contribution >= 0.6 is 0 Å². The van der Waals surface area contributed by atoms with Gasteiger partial charge in [0.25, 0.3) is 16.6 Å². The van der Waals surface area contributed by atoms with Gasteiger partial charge in [0.2, 0.25) is 0 Å². The van der Waals surface area contributed by atoms with E-state index in [0.717, 1.165) is 19.3 Å². The minimum Gasteiger partial charge on any atom is -0.404 e. The number of hydrogen-bond acceptors (Lipinski definition) is 4. The zero-order chi connectivity index (χ0) is 42.2. The van der Waals surface area contributed by atoms with Crippen LogP contribution < -0.4 is 20.7 Å². The van der Waals surface area contributed by atoms with Gasteiger partial charge in [-0.05, 0) is 50.1 Å². The van der Waals surface area contributed by atoms with Crippen molar-refractivity contribution >= 4 is 37.4 Å². The van der Waals surface area contributed by atoms with Crippen molar-refractivity contribution in [3.8, 4) is 0 Å². The Balaban J connectivity index is 1.37. The Labute approximate surface area is 359 Å². The van der Waals surface area contributed by atoms with Crippen molar-refractivity contribution in [1.82, 2.24) is 0 Å². The number of methoxy groups -OCH3 is 1. The largest absolute Gasteiger partial charge is 0.404 e. The molecule has 4 nitrogen and oxygen atoms in total. The lowest BCUT2D eigenvalue weighted by molar-refractivity contribution is -0.188. The van der Waals surface area contributed by atoms with Crippen molar-refractivity contribution in [2.75, 3.05) is 7.11 Å². The zero-order valence-corrected chi connectivity index (χ0v) is 39.1. The van der Waals surface area contributed by atoms with E-state index in [9.17, 15) is 0 Å². The Bertz CT molecular complexity index is 1830. The van der Waals surface area contributed by atoms with Gasteiger partial charge < -0.3 is 18.3 Å². The van der Waals surface area contributed by atoms with Crippen LogP contribution in [0.3, 0.4) is 0 Å². The predicted molar refractivity (Wildman–Crippen MR) is 255 cm³/mol. The number of rotatable bonds is 19. The molecule has 0 amide bonds. The average molecular weight is 827 g/mol. The lowest BCUT2D eigenvalue weighted by Gasteiger charge is -2.47. The van der Waals surface area contributed by atoms with E-state index < -0.39 is 16.6 Å². The van der Waals surface area contributed by atoms with Crippen LogP contribution in [0.15, 0.2) is 170 Å². The summed E-state index contributed by atoms with van der Waals surface area (Å²) in [6.07, 6.45) is 23.9. The second-order valence-electron chi connectivity index (χ2n) is 17.9. The maximum absolute atomic E-state index is 7.57. The van der Waals surface area contributed by atoms with Gasteiger partial charge in [-0.3, -0.25) is 0 Å². The van der Waals surface area contributed by atoms with E-state index in [1.807, 2.05) is 0 Å². The molecule has 59 heavy (non-hydrogen) atoms. The topological polar surface area (TPSA) is 36.9 Å². The van der Waals surface area contributed by atoms with Gasteiger partial charge in [0.1, 0.15) is 0 Å². The number of benzene rings is 4. The summed E-state index contributed by atoms with van der Waals surface area (Å²) >= 11 is 0. The van der Waals surface area contributed by atoms with Crippen molar-refractivity contribution in [3.05, 3.63) is 170 Å². The molecule has 0 spiro atoms. The highest BCUT2D eigenvalue weighted by molar-refractivity contribution is 7.00. The first kappa shape index (κ1) is 46.2. The van der Waals surface area contributed by atoms with Gasteiger partial charge in [-0.15, -0.1) is 0 Å². The molecule has 0 N–H and O–H groups in total. The second kappa shape index (κ2) is 22.1. The van der Waals surface area contributed by atoms with Crippen LogP contribution in [-0.4, -0.2) is 48.3 Å². The van der Waals surface area contributed by atoms with Crippen LogP contribution in [0, 0.1) is 0 Å². The zero-order valence-electron chi connectivity index (χ0n) is 37.1. The highest BCUT2D eigenvalue weighted by atomic mass is 28.4. The monoisotopic (exact) mass is 826 g/mol. The molecule has 4 atom stereocenters. The first-order chi connectivity index (χ1) is 28.4. The van der Waals surface area contributed by atoms with E-state index >= 15 is 0 Å². The molecule has 314 valence electrons. The third kappa shape index (κ3) is 11.9. The molecule has 0 radical (unpaired) electrons. The highest BCUT2D eigenvalue weighted by Crippen LogP contribution is 2.40. The van der Waals surface area contributed by atoms with Crippen LogP contribution in [0.5, 0.6) is 0 Å². The molecule has 4 aromatic carbocycles. The van der Waals surface area contributed by atoms with Crippen LogP contribution in [0.4, 0.5) is 0 Å². The van der Waals surface area contributed by atoms with E-state index in [1.165, 1.54) is 40.0 Å². The Kier molecular flexibility index (Phi) is 17.3. The minimum absolute atomic E-state index is 0.0343. The standard InChI is InChI=1S/C53H70O4Si2/c1-9-10-11-12-13-20-31-44(56-58(52(2,3)4,47-34-23-16-24-35-47)48-36-25-17-26-37-48)32-21-14-15-22-33-45-42-46(43-51(54-8)55-45)57-59(53(5,6)7,49-38-27-18-28-39-49)50-40-29-19-30-41-50/h13-30,32-41,44-46,51H,9-12,31,42-43H2,1-8H3/b15-14+,20-13-,32-21+,33-22-/t44-,45-,46-,51-/m1/s1. The Hall–Kier alpha value is -3.89. The molecule has 1 aliphatic heterocycles. The summed E-state index contributed by atoms with van der Waals surface area (Å²) in [4.78, 5) is 0. The quantitative estimate of drug-likeness (QED) is 0.0408. The van der Waals surface area contributed by atoms with E-state index in [2.05, 4.69) is 218 Å². The SMILES string of the molecule is CCCCC/C=C\C[C@H](/C=C/C=C/C=C\[C@@H]1C[C@@H](O[Si](c2ccccc2)(c2ccccc2)C(C)(C)C)C[C@H](OC)O1)O[Si](c1ccccc1)(c1ccccc1)C(C)(C)C. The van der Waals surface area contributed by atoms with E-state index in [-0.39, 0.29) is 34.7 Å². The van der Waals surface area contributed by atoms with Crippen LogP contribution in [0.2, 0.25) is 10.1 Å². The maximum Gasteiger partial charge on any atom is 0.261 e. The van der Waals surface area contributed by atoms with E-state index in [0.29, 0.717) is 6.42 Å². The van der Waals surface area contributed by atoms with Gasteiger partial charge in [0.05, 0.1) is 18.3 Å². The van der Waals surface area contributed by atoms with E-state index in [1.54, 1.807) is 7.11 Å². The van der Waals surface area contributed by atoms with Gasteiger partial charge in [-0.2, -0.15) is 0 Å². The van der Waals surface area contributed by atoms with E-state index in [4.69, 9.17) is 18.3 Å². The molecular weight excluding hydrogens is 757 g/mol. The molecule has 0 aromatic heterocycles. The molecule has 6 heteroatoms. The number of ether oxygens (including phenoxy) is 2. The molecule has 4 aromatic rings. The fourth-order valence-electron chi connectivity index (χ4n) is 8.64. The highest BCUT2D eigenvalue weighted by Gasteiger charge is 2.53. The summed E-state index contributed by atoms with van der Waals surface area (Å²) in [7, 11) is -3.74. The Morgan fingerprint density at radius 3 is 1.59 bits per heavy atom. The van der Waals surface area contributed by atoms with Gasteiger partial charge in [-0.25, -0.2) is 0 Å². The van der Waals surface area contributed by atoms with Crippen LogP contribution in [0.25, 0.3) is 0 Å². The van der Waals surface area contributed by atoms with Crippen LogP contribution in [0.1, 0.15) is 93.4 Å². The fraction of sp³-hybridized carbons (Fsp3) is 0.396. The van der Waals surface area contributed by atoms with Gasteiger partial charge >= 0.3 is 0 Å². The maximum atomic E-state index is 7.57. The number of unbranched alkanes of at least 4 members (excludes halogenated alkanes) is 3. The first-order valence-electron chi connectivity index (χ1n) is 21.9. The van der Waals surface area contributed by atoms with Crippen molar-refractivity contribution in [2.24, 2.45) is 0 Å². The second-order valence-corrected chi connectivity index (χ2v) is 26.4. The smallest absolute Gasteiger partial charge is 0.261 e. The van der Waals surface area contributed by atoms with Gasteiger partial charge in [0.15, 0.2) is 6.29 Å². The molecule has 1 fully saturated rings. The van der Waals surface area contributed by atoms with Crippen LogP contribution in [-0.2, 0) is 18.3 Å². The molecule has 5 rings (SSSR count). The summed E-state index contributed by atoms with van der Waals surface area (Å²) in [5.74, 6) is 0. The molecule has 1 aliphatic rings. The fourth-order valence-corrected chi connectivity index (χ4v) is 18.0. The number of allylic oxidation sites excluding steroid dienone is 5. The number of hydrogen-bond donors (Lipinski definition) is 0. The lowest BCUT2D eigenvalue weighted by atomic mass is 10.0. The Morgan fingerprint density at radius 2 is 1.12 bits per heavy atom. The lowest BCUT2D eigenvalue weighted by Crippen LogP contribution is -2.68. The third-order valence-corrected chi connectivity index (χ3v) is 21.7. The molecular formula is C53H70O4Si2. The van der Waals surface area contributed by atoms with Gasteiger partial charge in [-0.1, -0.05) is 231 Å². The summed E-state index contributed by atoms with van der Waals surface area (Å²) in [5, 5.41) is 4.93. The van der Waals surface area contributed by atoms with Crippen molar-refractivity contribution in [3.63, 3.8) is 0 Å². The molecule has 0 unspecified atom stereocenters. The molecule has 0 saturated carbocycles. The third-order valence-electron chi connectivity index (χ3n) is 11.5. The predicted octanol–water partition coefficient (Wildman–Crippen LogP) is 11.2. The Morgan fingerprint density at radius 1 is 0.627 bits per heavy atom. The minimum atomic E-state index is -2.74. The first-order valence-corrected chi connectivity index (χ1v) is 25.7. The summed E-state index contributed by atoms with van der Waals surface area (Å²) in [6.45, 7) is 16.3. The van der Waals surface area contributed by atoms with Gasteiger partial charge in [0, 0.05) is 20.0 Å². The summed E-state index contributed by atoms with van der Waals surface area (Å²) in [6, 6.07) is 43.6. The van der Waals surface area contributed by atoms with Crippen molar-refractivity contribution in [2.45, 2.75) is 128 Å².